The zero-order valence-electron chi connectivity index (χ0n) is 8.25. The van der Waals surface area contributed by atoms with Gasteiger partial charge in [0.2, 0.25) is 5.95 Å². The lowest BCUT2D eigenvalue weighted by atomic mass is 10.4. The molecule has 0 bridgehead atoms. The van der Waals surface area contributed by atoms with Crippen molar-refractivity contribution in [2.45, 2.75) is 12.5 Å². The highest BCUT2D eigenvalue weighted by Gasteiger charge is 2.39. The number of fused-ring (bicyclic) bond motifs is 1. The number of hydrogen-bond acceptors (Lipinski definition) is 5. The minimum absolute atomic E-state index is 0.000266. The molecule has 0 unspecified atom stereocenters. The zero-order valence-corrected chi connectivity index (χ0v) is 8.25. The van der Waals surface area contributed by atoms with Gasteiger partial charge in [0, 0.05) is 12.0 Å². The van der Waals surface area contributed by atoms with E-state index < -0.39 is 0 Å². The van der Waals surface area contributed by atoms with Crippen molar-refractivity contribution in [3.8, 4) is 0 Å². The van der Waals surface area contributed by atoms with E-state index in [1.807, 2.05) is 0 Å². The highest BCUT2D eigenvalue weighted by atomic mass is 16.1. The number of rotatable bonds is 2. The summed E-state index contributed by atoms with van der Waals surface area (Å²) in [7, 11) is 0. The number of aldehydes is 1. The molecule has 0 spiro atoms. The van der Waals surface area contributed by atoms with Gasteiger partial charge in [-0.3, -0.25) is 9.78 Å². The van der Waals surface area contributed by atoms with Crippen LogP contribution in [0.1, 0.15) is 12.5 Å². The summed E-state index contributed by atoms with van der Waals surface area (Å²) in [6, 6.07) is 0.0659. The number of nitrogen functional groups attached to an aromatic ring is 1. The number of aromatic amines is 1. The van der Waals surface area contributed by atoms with Crippen LogP contribution < -0.4 is 11.3 Å². The smallest absolute Gasteiger partial charge is 0.280 e. The Bertz CT molecular complexity index is 628. The van der Waals surface area contributed by atoms with Crippen LogP contribution in [0.4, 0.5) is 5.95 Å². The van der Waals surface area contributed by atoms with E-state index in [1.165, 1.54) is 6.33 Å². The predicted molar refractivity (Wildman–Crippen MR) is 55.8 cm³/mol. The molecule has 1 aliphatic rings. The van der Waals surface area contributed by atoms with Crippen LogP contribution in [0.3, 0.4) is 0 Å². The maximum absolute atomic E-state index is 11.5. The molecule has 2 aromatic rings. The summed E-state index contributed by atoms with van der Waals surface area (Å²) in [5.41, 5.74) is 5.80. The molecule has 2 aromatic heterocycles. The topological polar surface area (TPSA) is 107 Å². The van der Waals surface area contributed by atoms with Gasteiger partial charge in [-0.05, 0) is 6.42 Å². The number of carbonyl (C=O) groups is 1. The molecule has 7 nitrogen and oxygen atoms in total. The van der Waals surface area contributed by atoms with E-state index in [0.29, 0.717) is 5.65 Å². The number of nitrogens with two attached hydrogens (primary N) is 1. The van der Waals surface area contributed by atoms with Gasteiger partial charge in [0.05, 0.1) is 6.33 Å². The first-order valence-corrected chi connectivity index (χ1v) is 4.88. The SMILES string of the molecule is Nc1nc2c(ncn2[C@H]2C[C@H]2C=O)c(=O)[nH]1. The summed E-state index contributed by atoms with van der Waals surface area (Å²) >= 11 is 0. The average molecular weight is 219 g/mol. The van der Waals surface area contributed by atoms with Crippen LogP contribution in [0.25, 0.3) is 11.2 Å². The van der Waals surface area contributed by atoms with Crippen LogP contribution in [0.5, 0.6) is 0 Å². The van der Waals surface area contributed by atoms with Crippen LogP contribution >= 0.6 is 0 Å². The quantitative estimate of drug-likeness (QED) is 0.660. The second-order valence-corrected chi connectivity index (χ2v) is 3.88. The maximum atomic E-state index is 11.5. The minimum Gasteiger partial charge on any atom is -0.369 e. The Morgan fingerprint density at radius 2 is 2.44 bits per heavy atom. The van der Waals surface area contributed by atoms with Gasteiger partial charge in [0.25, 0.3) is 5.56 Å². The molecule has 16 heavy (non-hydrogen) atoms. The molecule has 82 valence electrons. The van der Waals surface area contributed by atoms with Crippen molar-refractivity contribution < 1.29 is 4.79 Å². The first-order chi connectivity index (χ1) is 7.70. The summed E-state index contributed by atoms with van der Waals surface area (Å²) in [4.78, 5) is 32.5. The molecule has 0 saturated heterocycles. The number of nitrogens with one attached hydrogen (secondary N) is 1. The summed E-state index contributed by atoms with van der Waals surface area (Å²) in [6.45, 7) is 0. The van der Waals surface area contributed by atoms with Gasteiger partial charge in [-0.25, -0.2) is 4.98 Å². The standard InChI is InChI=1S/C9H9N5O2/c10-9-12-7-6(8(16)13-9)11-3-14(7)5-1-4(5)2-15/h2-5H,1H2,(H3,10,12,13,16)/t4-,5-/m0/s1. The molecular formula is C9H9N5O2. The predicted octanol–water partition coefficient (Wildman–Crippen LogP) is -0.538. The Labute approximate surface area is 89.3 Å². The van der Waals surface area contributed by atoms with Crippen molar-refractivity contribution >= 4 is 23.4 Å². The zero-order chi connectivity index (χ0) is 11.3. The number of anilines is 1. The van der Waals surface area contributed by atoms with Gasteiger partial charge in [0.15, 0.2) is 11.2 Å². The van der Waals surface area contributed by atoms with Crippen LogP contribution in [0.15, 0.2) is 11.1 Å². The van der Waals surface area contributed by atoms with Crippen molar-refractivity contribution in [2.75, 3.05) is 5.73 Å². The van der Waals surface area contributed by atoms with Gasteiger partial charge in [0.1, 0.15) is 6.29 Å². The van der Waals surface area contributed by atoms with Crippen LogP contribution in [-0.2, 0) is 4.79 Å². The van der Waals surface area contributed by atoms with Crippen molar-refractivity contribution in [3.05, 3.63) is 16.7 Å². The number of H-pyrrole nitrogens is 1. The molecule has 0 amide bonds. The molecule has 1 saturated carbocycles. The molecule has 1 aliphatic carbocycles. The van der Waals surface area contributed by atoms with Gasteiger partial charge < -0.3 is 15.1 Å². The summed E-state index contributed by atoms with van der Waals surface area (Å²) < 4.78 is 1.74. The Morgan fingerprint density at radius 1 is 1.62 bits per heavy atom. The summed E-state index contributed by atoms with van der Waals surface area (Å²) in [5, 5.41) is 0. The monoisotopic (exact) mass is 219 g/mol. The molecule has 2 atom stereocenters. The maximum Gasteiger partial charge on any atom is 0.280 e. The average Bonchev–Trinajstić information content (AvgIpc) is 2.91. The minimum atomic E-state index is -0.357. The van der Waals surface area contributed by atoms with Crippen molar-refractivity contribution in [3.63, 3.8) is 0 Å². The normalized spacial score (nSPS) is 23.5. The third-order valence-corrected chi connectivity index (χ3v) is 2.79. The fourth-order valence-corrected chi connectivity index (χ4v) is 1.85. The molecule has 3 N–H and O–H groups in total. The molecule has 7 heteroatoms. The number of carbonyl (C=O) groups excluding carboxylic acids is 1. The first-order valence-electron chi connectivity index (χ1n) is 4.88. The van der Waals surface area contributed by atoms with Crippen LogP contribution in [-0.4, -0.2) is 25.8 Å². The molecule has 2 heterocycles. The van der Waals surface area contributed by atoms with Crippen molar-refractivity contribution in [2.24, 2.45) is 5.92 Å². The van der Waals surface area contributed by atoms with E-state index in [-0.39, 0.29) is 29.0 Å². The highest BCUT2D eigenvalue weighted by Crippen LogP contribution is 2.42. The Kier molecular flexibility index (Phi) is 1.65. The van der Waals surface area contributed by atoms with Crippen LogP contribution in [0, 0.1) is 5.92 Å². The first kappa shape index (κ1) is 9.08. The molecule has 1 fully saturated rings. The van der Waals surface area contributed by atoms with Gasteiger partial charge in [-0.2, -0.15) is 4.98 Å². The van der Waals surface area contributed by atoms with Crippen LogP contribution in [0.2, 0.25) is 0 Å². The number of nitrogens with zero attached hydrogens (tertiary/aromatic N) is 3. The van der Waals surface area contributed by atoms with E-state index in [4.69, 9.17) is 5.73 Å². The largest absolute Gasteiger partial charge is 0.369 e. The lowest BCUT2D eigenvalue weighted by molar-refractivity contribution is -0.109. The van der Waals surface area contributed by atoms with Crippen molar-refractivity contribution in [1.29, 1.82) is 0 Å². The summed E-state index contributed by atoms with van der Waals surface area (Å²) in [5.74, 6) is 0.0577. The van der Waals surface area contributed by atoms with Gasteiger partial charge in [-0.1, -0.05) is 0 Å². The molecule has 3 rings (SSSR count). The van der Waals surface area contributed by atoms with Gasteiger partial charge in [-0.15, -0.1) is 0 Å². The molecule has 0 aromatic carbocycles. The third-order valence-electron chi connectivity index (χ3n) is 2.79. The summed E-state index contributed by atoms with van der Waals surface area (Å²) in [6.07, 6.45) is 3.21. The van der Waals surface area contributed by atoms with Gasteiger partial charge >= 0.3 is 0 Å². The lowest BCUT2D eigenvalue weighted by Crippen LogP contribution is -2.12. The van der Waals surface area contributed by atoms with E-state index >= 15 is 0 Å². The third kappa shape index (κ3) is 1.14. The number of imidazole rings is 1. The van der Waals surface area contributed by atoms with Crippen molar-refractivity contribution in [1.82, 2.24) is 19.5 Å². The highest BCUT2D eigenvalue weighted by molar-refractivity contribution is 5.71. The van der Waals surface area contributed by atoms with E-state index in [2.05, 4.69) is 15.0 Å². The number of aromatic nitrogens is 4. The van der Waals surface area contributed by atoms with E-state index in [1.54, 1.807) is 4.57 Å². The Morgan fingerprint density at radius 3 is 3.12 bits per heavy atom. The second-order valence-electron chi connectivity index (χ2n) is 3.88. The molecule has 0 aliphatic heterocycles. The molecule has 0 radical (unpaired) electrons. The molecular weight excluding hydrogens is 210 g/mol. The number of hydrogen-bond donors (Lipinski definition) is 2. The van der Waals surface area contributed by atoms with E-state index in [9.17, 15) is 9.59 Å². The fraction of sp³-hybridized carbons (Fsp3) is 0.333. The Balaban J connectivity index is 2.20. The fourth-order valence-electron chi connectivity index (χ4n) is 1.85. The second kappa shape index (κ2) is 2.91. The van der Waals surface area contributed by atoms with E-state index in [0.717, 1.165) is 12.7 Å². The Hall–Kier alpha value is -2.18. The lowest BCUT2D eigenvalue weighted by Gasteiger charge is -2.00.